The van der Waals surface area contributed by atoms with Crippen LogP contribution < -0.4 is 5.32 Å². The summed E-state index contributed by atoms with van der Waals surface area (Å²) in [7, 11) is 0. The number of fused-ring (bicyclic) bond motifs is 1. The van der Waals surface area contributed by atoms with Gasteiger partial charge >= 0.3 is 0 Å². The minimum absolute atomic E-state index is 0.0568. The van der Waals surface area contributed by atoms with Gasteiger partial charge in [-0.2, -0.15) is 0 Å². The van der Waals surface area contributed by atoms with Crippen molar-refractivity contribution in [2.75, 3.05) is 18.4 Å². The van der Waals surface area contributed by atoms with E-state index in [1.807, 2.05) is 17.0 Å². The van der Waals surface area contributed by atoms with E-state index in [9.17, 15) is 4.79 Å². The molecule has 19 heavy (non-hydrogen) atoms. The first kappa shape index (κ1) is 12.5. The number of piperidine rings is 1. The van der Waals surface area contributed by atoms with Gasteiger partial charge in [-0.1, -0.05) is 32.0 Å². The van der Waals surface area contributed by atoms with Crippen LogP contribution in [0.4, 0.5) is 5.69 Å². The Morgan fingerprint density at radius 3 is 2.63 bits per heavy atom. The van der Waals surface area contributed by atoms with Crippen LogP contribution in [0.1, 0.15) is 32.3 Å². The molecule has 3 nitrogen and oxygen atoms in total. The molecular formula is C16H22N2O. The summed E-state index contributed by atoms with van der Waals surface area (Å²) in [4.78, 5) is 14.6. The van der Waals surface area contributed by atoms with E-state index in [1.165, 1.54) is 5.56 Å². The van der Waals surface area contributed by atoms with Crippen LogP contribution in [-0.2, 0) is 11.2 Å². The number of amides is 1. The number of hydrogen-bond donors (Lipinski definition) is 1. The molecule has 0 bridgehead atoms. The third kappa shape index (κ3) is 2.46. The van der Waals surface area contributed by atoms with E-state index in [0.717, 1.165) is 38.0 Å². The Hall–Kier alpha value is -1.51. The summed E-state index contributed by atoms with van der Waals surface area (Å²) < 4.78 is 0. The highest BCUT2D eigenvalue weighted by atomic mass is 16.2. The molecule has 0 radical (unpaired) electrons. The summed E-state index contributed by atoms with van der Waals surface area (Å²) in [6, 6.07) is 8.16. The van der Waals surface area contributed by atoms with Gasteiger partial charge in [-0.15, -0.1) is 0 Å². The zero-order chi connectivity index (χ0) is 13.5. The van der Waals surface area contributed by atoms with Crippen molar-refractivity contribution in [3.8, 4) is 0 Å². The quantitative estimate of drug-likeness (QED) is 0.840. The summed E-state index contributed by atoms with van der Waals surface area (Å²) in [5.41, 5.74) is 2.78. The molecule has 1 N–H and O–H groups in total. The Bertz CT molecular complexity index is 460. The minimum Gasteiger partial charge on any atom is -0.373 e. The molecule has 0 saturated carbocycles. The molecule has 102 valence electrons. The van der Waals surface area contributed by atoms with Crippen molar-refractivity contribution in [3.63, 3.8) is 0 Å². The predicted octanol–water partition coefficient (Wildman–Crippen LogP) is 2.67. The van der Waals surface area contributed by atoms with Crippen LogP contribution in [0.15, 0.2) is 24.3 Å². The standard InChI is InChI=1S/C16H22N2O/c1-16(2)7-9-18(10-8-16)15(19)14-11-12-5-3-4-6-13(12)17-14/h3-6,14,17H,7-11H2,1-2H3/t14-/m0/s1. The second-order valence-corrected chi connectivity index (χ2v) is 6.55. The monoisotopic (exact) mass is 258 g/mol. The van der Waals surface area contributed by atoms with Gasteiger partial charge in [0.1, 0.15) is 6.04 Å². The van der Waals surface area contributed by atoms with Gasteiger partial charge < -0.3 is 10.2 Å². The molecule has 2 heterocycles. The second kappa shape index (κ2) is 4.55. The van der Waals surface area contributed by atoms with Crippen molar-refractivity contribution < 1.29 is 4.79 Å². The molecular weight excluding hydrogens is 236 g/mol. The zero-order valence-electron chi connectivity index (χ0n) is 11.8. The van der Waals surface area contributed by atoms with E-state index in [-0.39, 0.29) is 11.9 Å². The Labute approximate surface area is 115 Å². The normalized spacial score (nSPS) is 24.7. The molecule has 1 aromatic rings. The number of likely N-dealkylation sites (tertiary alicyclic amines) is 1. The number of hydrogen-bond acceptors (Lipinski definition) is 2. The number of carbonyl (C=O) groups excluding carboxylic acids is 1. The highest BCUT2D eigenvalue weighted by Crippen LogP contribution is 2.31. The molecule has 1 atom stereocenters. The maximum atomic E-state index is 12.5. The summed E-state index contributed by atoms with van der Waals surface area (Å²) in [6.07, 6.45) is 3.05. The molecule has 3 rings (SSSR count). The fourth-order valence-electron chi connectivity index (χ4n) is 3.00. The van der Waals surface area contributed by atoms with E-state index in [1.54, 1.807) is 0 Å². The lowest BCUT2D eigenvalue weighted by molar-refractivity contribution is -0.133. The molecule has 0 aromatic heterocycles. The molecule has 1 aromatic carbocycles. The molecule has 3 heteroatoms. The van der Waals surface area contributed by atoms with Crippen LogP contribution >= 0.6 is 0 Å². The van der Waals surface area contributed by atoms with Gasteiger partial charge in [0.2, 0.25) is 5.91 Å². The van der Waals surface area contributed by atoms with Crippen molar-refractivity contribution in [2.45, 2.75) is 39.2 Å². The van der Waals surface area contributed by atoms with Crippen molar-refractivity contribution in [1.82, 2.24) is 4.90 Å². The Balaban J connectivity index is 1.64. The van der Waals surface area contributed by atoms with Gasteiger partial charge in [-0.3, -0.25) is 4.79 Å². The predicted molar refractivity (Wildman–Crippen MR) is 77.2 cm³/mol. The fourth-order valence-corrected chi connectivity index (χ4v) is 3.00. The Morgan fingerprint density at radius 2 is 1.95 bits per heavy atom. The number of benzene rings is 1. The average Bonchev–Trinajstić information content (AvgIpc) is 2.81. The molecule has 2 aliphatic rings. The van der Waals surface area contributed by atoms with Gasteiger partial charge in [0.05, 0.1) is 0 Å². The molecule has 1 fully saturated rings. The molecule has 1 saturated heterocycles. The molecule has 1 amide bonds. The van der Waals surface area contributed by atoms with Crippen LogP contribution in [-0.4, -0.2) is 29.9 Å². The van der Waals surface area contributed by atoms with E-state index in [2.05, 4.69) is 31.3 Å². The molecule has 0 aliphatic carbocycles. The lowest BCUT2D eigenvalue weighted by atomic mass is 9.82. The Kier molecular flexibility index (Phi) is 3.00. The number of rotatable bonds is 1. The number of carbonyl (C=O) groups is 1. The average molecular weight is 258 g/mol. The topological polar surface area (TPSA) is 32.3 Å². The first-order valence-corrected chi connectivity index (χ1v) is 7.18. The van der Waals surface area contributed by atoms with Crippen LogP contribution in [0.25, 0.3) is 0 Å². The number of nitrogens with zero attached hydrogens (tertiary/aromatic N) is 1. The Morgan fingerprint density at radius 1 is 1.26 bits per heavy atom. The van der Waals surface area contributed by atoms with Gasteiger partial charge in [0.15, 0.2) is 0 Å². The summed E-state index contributed by atoms with van der Waals surface area (Å²) >= 11 is 0. The van der Waals surface area contributed by atoms with Crippen LogP contribution in [0.2, 0.25) is 0 Å². The number of nitrogens with one attached hydrogen (secondary N) is 1. The highest BCUT2D eigenvalue weighted by Gasteiger charge is 2.33. The summed E-state index contributed by atoms with van der Waals surface area (Å²) in [6.45, 7) is 6.39. The van der Waals surface area contributed by atoms with Crippen LogP contribution in [0.3, 0.4) is 0 Å². The molecule has 0 unspecified atom stereocenters. The van der Waals surface area contributed by atoms with Crippen molar-refractivity contribution in [2.24, 2.45) is 5.41 Å². The molecule has 2 aliphatic heterocycles. The fraction of sp³-hybridized carbons (Fsp3) is 0.562. The van der Waals surface area contributed by atoms with Gasteiger partial charge in [0, 0.05) is 25.2 Å². The smallest absolute Gasteiger partial charge is 0.245 e. The van der Waals surface area contributed by atoms with Crippen LogP contribution in [0, 0.1) is 5.41 Å². The van der Waals surface area contributed by atoms with E-state index in [0.29, 0.717) is 5.41 Å². The zero-order valence-corrected chi connectivity index (χ0v) is 11.8. The number of anilines is 1. The van der Waals surface area contributed by atoms with E-state index in [4.69, 9.17) is 0 Å². The van der Waals surface area contributed by atoms with Crippen molar-refractivity contribution in [1.29, 1.82) is 0 Å². The third-order valence-corrected chi connectivity index (χ3v) is 4.50. The van der Waals surface area contributed by atoms with Gasteiger partial charge in [0.25, 0.3) is 0 Å². The van der Waals surface area contributed by atoms with Crippen molar-refractivity contribution >= 4 is 11.6 Å². The minimum atomic E-state index is -0.0568. The summed E-state index contributed by atoms with van der Waals surface area (Å²) in [5.74, 6) is 0.270. The van der Waals surface area contributed by atoms with Crippen LogP contribution in [0.5, 0.6) is 0 Å². The van der Waals surface area contributed by atoms with Gasteiger partial charge in [-0.25, -0.2) is 0 Å². The first-order valence-electron chi connectivity index (χ1n) is 7.18. The van der Waals surface area contributed by atoms with E-state index >= 15 is 0 Å². The van der Waals surface area contributed by atoms with E-state index < -0.39 is 0 Å². The third-order valence-electron chi connectivity index (χ3n) is 4.50. The number of para-hydroxylation sites is 1. The maximum absolute atomic E-state index is 12.5. The lowest BCUT2D eigenvalue weighted by Gasteiger charge is -2.38. The largest absolute Gasteiger partial charge is 0.373 e. The lowest BCUT2D eigenvalue weighted by Crippen LogP contribution is -2.47. The highest BCUT2D eigenvalue weighted by molar-refractivity contribution is 5.87. The van der Waals surface area contributed by atoms with Crippen molar-refractivity contribution in [3.05, 3.63) is 29.8 Å². The SMILES string of the molecule is CC1(C)CCN(C(=O)[C@@H]2Cc3ccccc3N2)CC1. The molecule has 0 spiro atoms. The second-order valence-electron chi connectivity index (χ2n) is 6.55. The van der Waals surface area contributed by atoms with Gasteiger partial charge in [-0.05, 0) is 29.9 Å². The maximum Gasteiger partial charge on any atom is 0.245 e. The first-order chi connectivity index (χ1) is 9.05. The summed E-state index contributed by atoms with van der Waals surface area (Å²) in [5, 5.41) is 3.36.